The largest absolute Gasteiger partial charge is 0.451 e. The van der Waals surface area contributed by atoms with Gasteiger partial charge in [0.05, 0.1) is 6.07 Å². The van der Waals surface area contributed by atoms with Crippen molar-refractivity contribution in [1.82, 2.24) is 10.2 Å². The normalized spacial score (nSPS) is 19.5. The first kappa shape index (κ1) is 19.4. The van der Waals surface area contributed by atoms with Crippen molar-refractivity contribution in [2.75, 3.05) is 14.1 Å². The van der Waals surface area contributed by atoms with Crippen LogP contribution in [-0.4, -0.2) is 48.6 Å². The molecule has 6 heteroatoms. The standard InChI is InChI=1S/C17H29N3O3/c1-5-9-14(20(3)4)16(22)23-13(2)15(21)19-17(12-18)10-7-6-8-11-17/h13-14H,5-11H2,1-4H3,(H,19,21)/t13-,14+/m0/s1. The number of amides is 1. The zero-order valence-electron chi connectivity index (χ0n) is 14.7. The first-order valence-corrected chi connectivity index (χ1v) is 8.45. The second-order valence-corrected chi connectivity index (χ2v) is 6.59. The summed E-state index contributed by atoms with van der Waals surface area (Å²) in [7, 11) is 3.64. The van der Waals surface area contributed by atoms with E-state index in [1.807, 2.05) is 21.0 Å². The Balaban J connectivity index is 2.62. The number of nitriles is 1. The highest BCUT2D eigenvalue weighted by molar-refractivity contribution is 5.85. The molecule has 0 bridgehead atoms. The molecule has 0 unspecified atom stereocenters. The number of esters is 1. The van der Waals surface area contributed by atoms with Crippen molar-refractivity contribution in [3.63, 3.8) is 0 Å². The number of ether oxygens (including phenoxy) is 1. The number of hydrogen-bond donors (Lipinski definition) is 1. The monoisotopic (exact) mass is 323 g/mol. The first-order chi connectivity index (χ1) is 10.8. The molecule has 6 nitrogen and oxygen atoms in total. The second kappa shape index (κ2) is 8.88. The van der Waals surface area contributed by atoms with E-state index in [1.165, 1.54) is 0 Å². The fourth-order valence-corrected chi connectivity index (χ4v) is 2.92. The van der Waals surface area contributed by atoms with Crippen LogP contribution in [0.5, 0.6) is 0 Å². The highest BCUT2D eigenvalue weighted by Crippen LogP contribution is 2.27. The van der Waals surface area contributed by atoms with Gasteiger partial charge in [0.2, 0.25) is 0 Å². The summed E-state index contributed by atoms with van der Waals surface area (Å²) in [5.41, 5.74) is -0.805. The SMILES string of the molecule is CCC[C@H](C(=O)O[C@@H](C)C(=O)NC1(C#N)CCCCC1)N(C)C. The lowest BCUT2D eigenvalue weighted by atomic mass is 9.83. The highest BCUT2D eigenvalue weighted by Gasteiger charge is 2.36. The number of likely N-dealkylation sites (N-methyl/N-ethyl adjacent to an activating group) is 1. The van der Waals surface area contributed by atoms with E-state index in [9.17, 15) is 14.9 Å². The Hall–Kier alpha value is -1.61. The van der Waals surface area contributed by atoms with E-state index in [2.05, 4.69) is 11.4 Å². The number of hydrogen-bond acceptors (Lipinski definition) is 5. The van der Waals surface area contributed by atoms with E-state index in [0.29, 0.717) is 19.3 Å². The van der Waals surface area contributed by atoms with Crippen molar-refractivity contribution in [2.45, 2.75) is 76.5 Å². The van der Waals surface area contributed by atoms with Crippen molar-refractivity contribution in [1.29, 1.82) is 5.26 Å². The Morgan fingerprint density at radius 2 is 1.91 bits per heavy atom. The van der Waals surface area contributed by atoms with Crippen LogP contribution in [0.3, 0.4) is 0 Å². The van der Waals surface area contributed by atoms with Crippen LogP contribution in [0.25, 0.3) is 0 Å². The molecule has 0 spiro atoms. The molecule has 0 aromatic rings. The van der Waals surface area contributed by atoms with E-state index in [1.54, 1.807) is 11.8 Å². The lowest BCUT2D eigenvalue weighted by Gasteiger charge is -2.32. The third-order valence-corrected chi connectivity index (χ3v) is 4.40. The van der Waals surface area contributed by atoms with Gasteiger partial charge in [-0.15, -0.1) is 0 Å². The molecule has 0 aromatic carbocycles. The van der Waals surface area contributed by atoms with Crippen LogP contribution in [0.4, 0.5) is 0 Å². The topological polar surface area (TPSA) is 82.4 Å². The fourth-order valence-electron chi connectivity index (χ4n) is 2.92. The zero-order valence-corrected chi connectivity index (χ0v) is 14.7. The summed E-state index contributed by atoms with van der Waals surface area (Å²) in [6, 6.07) is 1.89. The maximum Gasteiger partial charge on any atom is 0.324 e. The summed E-state index contributed by atoms with van der Waals surface area (Å²) < 4.78 is 5.32. The van der Waals surface area contributed by atoms with Gasteiger partial charge in [-0.2, -0.15) is 5.26 Å². The summed E-state index contributed by atoms with van der Waals surface area (Å²) >= 11 is 0. The predicted molar refractivity (Wildman–Crippen MR) is 87.5 cm³/mol. The Morgan fingerprint density at radius 3 is 2.39 bits per heavy atom. The molecular formula is C17H29N3O3. The number of nitrogens with zero attached hydrogens (tertiary/aromatic N) is 2. The van der Waals surface area contributed by atoms with Crippen LogP contribution in [0.2, 0.25) is 0 Å². The average molecular weight is 323 g/mol. The third kappa shape index (κ3) is 5.51. The predicted octanol–water partition coefficient (Wildman–Crippen LogP) is 1.99. The van der Waals surface area contributed by atoms with Crippen LogP contribution < -0.4 is 5.32 Å². The van der Waals surface area contributed by atoms with Gasteiger partial charge in [0, 0.05) is 0 Å². The molecule has 1 aliphatic rings. The Morgan fingerprint density at radius 1 is 1.30 bits per heavy atom. The van der Waals surface area contributed by atoms with Crippen LogP contribution in [0.1, 0.15) is 58.8 Å². The van der Waals surface area contributed by atoms with E-state index in [4.69, 9.17) is 4.74 Å². The van der Waals surface area contributed by atoms with Crippen molar-refractivity contribution >= 4 is 11.9 Å². The molecule has 0 heterocycles. The van der Waals surface area contributed by atoms with Crippen LogP contribution in [0, 0.1) is 11.3 Å². The van der Waals surface area contributed by atoms with E-state index in [0.717, 1.165) is 25.7 Å². The average Bonchev–Trinajstić information content (AvgIpc) is 2.52. The van der Waals surface area contributed by atoms with E-state index >= 15 is 0 Å². The second-order valence-electron chi connectivity index (χ2n) is 6.59. The molecule has 1 amide bonds. The molecule has 0 aliphatic heterocycles. The molecule has 1 saturated carbocycles. The van der Waals surface area contributed by atoms with Gasteiger partial charge >= 0.3 is 5.97 Å². The van der Waals surface area contributed by atoms with Crippen molar-refractivity contribution < 1.29 is 14.3 Å². The molecule has 130 valence electrons. The van der Waals surface area contributed by atoms with Gasteiger partial charge in [0.1, 0.15) is 11.6 Å². The molecule has 2 atom stereocenters. The van der Waals surface area contributed by atoms with Crippen molar-refractivity contribution in [3.05, 3.63) is 0 Å². The molecule has 1 aliphatic carbocycles. The Kier molecular flexibility index (Phi) is 7.50. The van der Waals surface area contributed by atoms with Crippen LogP contribution in [0.15, 0.2) is 0 Å². The summed E-state index contributed by atoms with van der Waals surface area (Å²) in [4.78, 5) is 26.3. The van der Waals surface area contributed by atoms with Gasteiger partial charge in [-0.05, 0) is 40.3 Å². The summed E-state index contributed by atoms with van der Waals surface area (Å²) in [5.74, 6) is -0.787. The molecule has 0 radical (unpaired) electrons. The van der Waals surface area contributed by atoms with Crippen LogP contribution >= 0.6 is 0 Å². The van der Waals surface area contributed by atoms with Gasteiger partial charge in [-0.25, -0.2) is 0 Å². The molecule has 0 saturated heterocycles. The maximum atomic E-state index is 12.3. The van der Waals surface area contributed by atoms with Crippen molar-refractivity contribution in [2.24, 2.45) is 0 Å². The van der Waals surface area contributed by atoms with Gasteiger partial charge in [-0.1, -0.05) is 32.6 Å². The zero-order chi connectivity index (χ0) is 17.5. The first-order valence-electron chi connectivity index (χ1n) is 8.45. The van der Waals surface area contributed by atoms with E-state index in [-0.39, 0.29) is 6.04 Å². The molecule has 1 fully saturated rings. The highest BCUT2D eigenvalue weighted by atomic mass is 16.5. The molecular weight excluding hydrogens is 294 g/mol. The lowest BCUT2D eigenvalue weighted by Crippen LogP contribution is -2.52. The van der Waals surface area contributed by atoms with Gasteiger partial charge in [0.25, 0.3) is 5.91 Å². The fraction of sp³-hybridized carbons (Fsp3) is 0.824. The Bertz CT molecular complexity index is 450. The number of nitrogens with one attached hydrogen (secondary N) is 1. The molecule has 23 heavy (non-hydrogen) atoms. The minimum Gasteiger partial charge on any atom is -0.451 e. The molecule has 1 N–H and O–H groups in total. The summed E-state index contributed by atoms with van der Waals surface area (Å²) in [6.07, 6.45) is 4.92. The summed E-state index contributed by atoms with van der Waals surface area (Å²) in [5, 5.41) is 12.2. The quantitative estimate of drug-likeness (QED) is 0.725. The minimum atomic E-state index is -0.894. The smallest absolute Gasteiger partial charge is 0.324 e. The van der Waals surface area contributed by atoms with Gasteiger partial charge < -0.3 is 10.1 Å². The van der Waals surface area contributed by atoms with Gasteiger partial charge in [0.15, 0.2) is 6.10 Å². The molecule has 0 aromatic heterocycles. The summed E-state index contributed by atoms with van der Waals surface area (Å²) in [6.45, 7) is 3.56. The maximum absolute atomic E-state index is 12.3. The minimum absolute atomic E-state index is 0.352. The van der Waals surface area contributed by atoms with E-state index < -0.39 is 23.5 Å². The number of carbonyl (C=O) groups is 2. The Labute approximate surface area is 139 Å². The third-order valence-electron chi connectivity index (χ3n) is 4.40. The molecule has 1 rings (SSSR count). The number of rotatable bonds is 7. The van der Waals surface area contributed by atoms with Crippen molar-refractivity contribution in [3.8, 4) is 6.07 Å². The van der Waals surface area contributed by atoms with Gasteiger partial charge in [-0.3, -0.25) is 14.5 Å². The van der Waals surface area contributed by atoms with Crippen LogP contribution in [-0.2, 0) is 14.3 Å². The lowest BCUT2D eigenvalue weighted by molar-refractivity contribution is -0.160. The number of carbonyl (C=O) groups excluding carboxylic acids is 2.